The van der Waals surface area contributed by atoms with Crippen molar-refractivity contribution < 1.29 is 4.63 Å². The number of aromatic nitrogens is 2. The van der Waals surface area contributed by atoms with E-state index in [0.29, 0.717) is 10.7 Å². The molecule has 0 saturated carbocycles. The monoisotopic (exact) mass is 237 g/mol. The van der Waals surface area contributed by atoms with Gasteiger partial charge in [0.05, 0.1) is 5.69 Å². The zero-order valence-corrected chi connectivity index (χ0v) is 8.85. The van der Waals surface area contributed by atoms with Crippen LogP contribution in [0.3, 0.4) is 0 Å². The van der Waals surface area contributed by atoms with Crippen LogP contribution in [0.1, 0.15) is 5.69 Å². The topological polar surface area (TPSA) is 103 Å². The molecule has 0 atom stereocenters. The molecule has 1 aromatic carbocycles. The minimum absolute atomic E-state index is 0.100. The number of benzene rings is 1. The highest BCUT2D eigenvalue weighted by Crippen LogP contribution is 2.18. The van der Waals surface area contributed by atoms with Gasteiger partial charge in [-0.2, -0.15) is 0 Å². The molecule has 0 saturated heterocycles. The first-order valence-corrected chi connectivity index (χ1v) is 4.73. The predicted octanol–water partition coefficient (Wildman–Crippen LogP) is 1.34. The summed E-state index contributed by atoms with van der Waals surface area (Å²) in [5, 5.41) is 7.51. The second kappa shape index (κ2) is 4.19. The molecular weight excluding hydrogens is 230 g/mol. The number of nitrogens with two attached hydrogens (primary N) is 2. The Labute approximate surface area is 95.9 Å². The van der Waals surface area contributed by atoms with Gasteiger partial charge in [0, 0.05) is 5.02 Å². The number of halogens is 1. The molecule has 16 heavy (non-hydrogen) atoms. The molecule has 2 rings (SSSR count). The van der Waals surface area contributed by atoms with Crippen molar-refractivity contribution in [2.75, 3.05) is 5.73 Å². The van der Waals surface area contributed by atoms with Crippen LogP contribution in [0.4, 0.5) is 11.5 Å². The second-order valence-corrected chi connectivity index (χ2v) is 3.41. The molecule has 0 spiro atoms. The summed E-state index contributed by atoms with van der Waals surface area (Å²) in [7, 11) is 0. The van der Waals surface area contributed by atoms with Gasteiger partial charge in [0.2, 0.25) is 0 Å². The number of aliphatic imine (C=N–C) groups is 1. The van der Waals surface area contributed by atoms with Crippen LogP contribution in [0, 0.1) is 0 Å². The van der Waals surface area contributed by atoms with Gasteiger partial charge in [-0.25, -0.2) is 9.62 Å². The zero-order valence-electron chi connectivity index (χ0n) is 8.09. The smallest absolute Gasteiger partial charge is 0.199 e. The van der Waals surface area contributed by atoms with Gasteiger partial charge in [-0.1, -0.05) is 17.7 Å². The van der Waals surface area contributed by atoms with Crippen LogP contribution >= 0.6 is 11.6 Å². The van der Waals surface area contributed by atoms with E-state index in [0.717, 1.165) is 0 Å². The fraction of sp³-hybridized carbons (Fsp3) is 0. The van der Waals surface area contributed by atoms with Gasteiger partial charge in [0.1, 0.15) is 0 Å². The van der Waals surface area contributed by atoms with Crippen LogP contribution in [-0.4, -0.2) is 16.1 Å². The Morgan fingerprint density at radius 2 is 2.19 bits per heavy atom. The van der Waals surface area contributed by atoms with E-state index in [-0.39, 0.29) is 17.3 Å². The molecule has 0 radical (unpaired) electrons. The molecule has 1 aromatic heterocycles. The Morgan fingerprint density at radius 3 is 2.81 bits per heavy atom. The summed E-state index contributed by atoms with van der Waals surface area (Å²) >= 11 is 5.80. The van der Waals surface area contributed by atoms with Crippen molar-refractivity contribution in [2.45, 2.75) is 0 Å². The molecule has 0 unspecified atom stereocenters. The van der Waals surface area contributed by atoms with E-state index < -0.39 is 0 Å². The second-order valence-electron chi connectivity index (χ2n) is 2.97. The first-order chi connectivity index (χ1) is 7.66. The maximum Gasteiger partial charge on any atom is 0.199 e. The van der Waals surface area contributed by atoms with Crippen molar-refractivity contribution in [1.82, 2.24) is 10.3 Å². The molecule has 4 N–H and O–H groups in total. The minimum Gasteiger partial charge on any atom is -0.382 e. The molecule has 0 amide bonds. The van der Waals surface area contributed by atoms with Crippen LogP contribution in [0.5, 0.6) is 0 Å². The SMILES string of the molecule is NC(=Nc1cccc(Cl)c1)c1nonc1N. The van der Waals surface area contributed by atoms with Crippen molar-refractivity contribution in [3.63, 3.8) is 0 Å². The van der Waals surface area contributed by atoms with E-state index in [2.05, 4.69) is 19.9 Å². The van der Waals surface area contributed by atoms with Gasteiger partial charge in [0.25, 0.3) is 0 Å². The van der Waals surface area contributed by atoms with E-state index in [1.54, 1.807) is 24.3 Å². The number of nitrogen functional groups attached to an aromatic ring is 1. The highest BCUT2D eigenvalue weighted by molar-refractivity contribution is 6.30. The molecule has 6 nitrogen and oxygen atoms in total. The van der Waals surface area contributed by atoms with Crippen LogP contribution < -0.4 is 11.5 Å². The first-order valence-electron chi connectivity index (χ1n) is 4.35. The number of nitrogens with zero attached hydrogens (tertiary/aromatic N) is 3. The van der Waals surface area contributed by atoms with Gasteiger partial charge in [-0.05, 0) is 28.5 Å². The Hall–Kier alpha value is -2.08. The zero-order chi connectivity index (χ0) is 11.5. The highest BCUT2D eigenvalue weighted by atomic mass is 35.5. The molecule has 1 heterocycles. The van der Waals surface area contributed by atoms with Crippen molar-refractivity contribution in [1.29, 1.82) is 0 Å². The standard InChI is InChI=1S/C9H8ClN5O/c10-5-2-1-3-6(4-5)13-8(11)7-9(12)15-16-14-7/h1-4H,(H2,11,13)(H2,12,15). The Morgan fingerprint density at radius 1 is 1.38 bits per heavy atom. The van der Waals surface area contributed by atoms with Gasteiger partial charge in [0.15, 0.2) is 17.3 Å². The van der Waals surface area contributed by atoms with Gasteiger partial charge < -0.3 is 11.5 Å². The van der Waals surface area contributed by atoms with Crippen LogP contribution in [-0.2, 0) is 0 Å². The Balaban J connectivity index is 2.35. The average molecular weight is 238 g/mol. The third kappa shape index (κ3) is 2.12. The molecule has 7 heteroatoms. The van der Waals surface area contributed by atoms with Crippen molar-refractivity contribution in [2.24, 2.45) is 10.7 Å². The summed E-state index contributed by atoms with van der Waals surface area (Å²) in [4.78, 5) is 4.09. The summed E-state index contributed by atoms with van der Waals surface area (Å²) in [6, 6.07) is 6.92. The van der Waals surface area contributed by atoms with Gasteiger partial charge in [-0.15, -0.1) is 0 Å². The molecule has 0 aliphatic heterocycles. The fourth-order valence-corrected chi connectivity index (χ4v) is 1.30. The molecule has 0 aliphatic rings. The lowest BCUT2D eigenvalue weighted by Gasteiger charge is -1.97. The number of rotatable bonds is 2. The maximum atomic E-state index is 5.80. The molecule has 82 valence electrons. The minimum atomic E-state index is 0.100. The number of hydrogen-bond acceptors (Lipinski definition) is 5. The fourth-order valence-electron chi connectivity index (χ4n) is 1.11. The summed E-state index contributed by atoms with van der Waals surface area (Å²) in [6.07, 6.45) is 0. The van der Waals surface area contributed by atoms with Crippen LogP contribution in [0.2, 0.25) is 5.02 Å². The third-order valence-corrected chi connectivity index (χ3v) is 2.05. The van der Waals surface area contributed by atoms with Crippen molar-refractivity contribution in [3.05, 3.63) is 35.0 Å². The van der Waals surface area contributed by atoms with Crippen LogP contribution in [0.15, 0.2) is 33.9 Å². The van der Waals surface area contributed by atoms with Gasteiger partial charge in [-0.3, -0.25) is 0 Å². The summed E-state index contributed by atoms with van der Waals surface area (Å²) in [5.41, 5.74) is 12.0. The number of amidine groups is 1. The van der Waals surface area contributed by atoms with E-state index in [9.17, 15) is 0 Å². The lowest BCUT2D eigenvalue weighted by Crippen LogP contribution is -2.15. The molecule has 2 aromatic rings. The normalized spacial score (nSPS) is 11.7. The van der Waals surface area contributed by atoms with E-state index in [1.165, 1.54) is 0 Å². The Bertz CT molecular complexity index is 536. The Kier molecular flexibility index (Phi) is 2.74. The van der Waals surface area contributed by atoms with E-state index in [4.69, 9.17) is 23.1 Å². The summed E-state index contributed by atoms with van der Waals surface area (Å²) < 4.78 is 4.42. The molecular formula is C9H8ClN5O. The lowest BCUT2D eigenvalue weighted by molar-refractivity contribution is 0.308. The van der Waals surface area contributed by atoms with Gasteiger partial charge >= 0.3 is 0 Å². The van der Waals surface area contributed by atoms with Crippen LogP contribution in [0.25, 0.3) is 0 Å². The van der Waals surface area contributed by atoms with Crippen molar-refractivity contribution >= 4 is 28.9 Å². The van der Waals surface area contributed by atoms with Crippen molar-refractivity contribution in [3.8, 4) is 0 Å². The van der Waals surface area contributed by atoms with E-state index >= 15 is 0 Å². The summed E-state index contributed by atoms with van der Waals surface area (Å²) in [6.45, 7) is 0. The quantitative estimate of drug-likeness (QED) is 0.606. The summed E-state index contributed by atoms with van der Waals surface area (Å²) in [5.74, 6) is 0.226. The third-order valence-electron chi connectivity index (χ3n) is 1.81. The largest absolute Gasteiger partial charge is 0.382 e. The number of anilines is 1. The molecule has 0 aliphatic carbocycles. The van der Waals surface area contributed by atoms with E-state index in [1.807, 2.05) is 0 Å². The first kappa shape index (κ1) is 10.4. The molecule has 0 bridgehead atoms. The average Bonchev–Trinajstić information content (AvgIpc) is 2.64. The number of hydrogen-bond donors (Lipinski definition) is 2. The lowest BCUT2D eigenvalue weighted by atomic mass is 10.3. The maximum absolute atomic E-state index is 5.80. The predicted molar refractivity (Wildman–Crippen MR) is 60.5 cm³/mol. The highest BCUT2D eigenvalue weighted by Gasteiger charge is 2.10. The molecule has 0 fully saturated rings.